The summed E-state index contributed by atoms with van der Waals surface area (Å²) < 4.78 is 19.0. The van der Waals surface area contributed by atoms with Gasteiger partial charge >= 0.3 is 5.69 Å². The number of aliphatic hydroxyl groups excluding tert-OH is 1. The SMILES string of the molecule is BC(B)(O)C1O[C@@H](n2c(C)cc(N)nc2=O)[C@@](O)(C#CCF)C1O. The number of alkyl halides is 1. The molecular formula is C13H18B2FN3O5. The van der Waals surface area contributed by atoms with Crippen molar-refractivity contribution in [2.24, 2.45) is 0 Å². The van der Waals surface area contributed by atoms with E-state index < -0.39 is 41.8 Å². The van der Waals surface area contributed by atoms with Crippen LogP contribution in [0.25, 0.3) is 0 Å². The Kier molecular flexibility index (Phi) is 4.79. The summed E-state index contributed by atoms with van der Waals surface area (Å²) in [4.78, 5) is 15.8. The number of nitrogens with zero attached hydrogens (tertiary/aromatic N) is 2. The van der Waals surface area contributed by atoms with Gasteiger partial charge in [-0.15, -0.1) is 0 Å². The average molecular weight is 337 g/mol. The Morgan fingerprint density at radius 2 is 2.25 bits per heavy atom. The minimum absolute atomic E-state index is 0.0234. The number of ether oxygens (including phenoxy) is 1. The smallest absolute Gasteiger partial charge is 0.351 e. The number of hydrogen-bond donors (Lipinski definition) is 4. The van der Waals surface area contributed by atoms with E-state index in [1.165, 1.54) is 28.7 Å². The van der Waals surface area contributed by atoms with Crippen molar-refractivity contribution in [3.63, 3.8) is 0 Å². The van der Waals surface area contributed by atoms with Crippen molar-refractivity contribution < 1.29 is 24.4 Å². The van der Waals surface area contributed by atoms with Gasteiger partial charge in [0.2, 0.25) is 0 Å². The standard InChI is InChI=1S/C13H18B2FN3O5/c1-6-5-7(17)18-11(21)19(6)10-12(22,3-2-4-16)8(20)9(24-10)13(14,15)23/h5,8-10,20,22-23H,4,14-15H2,1H3,(H2,17,18,21)/t8?,9?,10-,12-/m1/s1. The van der Waals surface area contributed by atoms with Crippen molar-refractivity contribution in [3.05, 3.63) is 22.2 Å². The lowest BCUT2D eigenvalue weighted by atomic mass is 9.60. The van der Waals surface area contributed by atoms with Crippen LogP contribution < -0.4 is 11.4 Å². The molecule has 0 aromatic carbocycles. The predicted octanol–water partition coefficient (Wildman–Crippen LogP) is -3.99. The van der Waals surface area contributed by atoms with Gasteiger partial charge in [-0.05, 0) is 13.0 Å². The van der Waals surface area contributed by atoms with E-state index in [0.717, 1.165) is 4.57 Å². The highest BCUT2D eigenvalue weighted by atomic mass is 19.1. The molecule has 0 saturated carbocycles. The van der Waals surface area contributed by atoms with E-state index >= 15 is 0 Å². The molecule has 1 aliphatic heterocycles. The van der Waals surface area contributed by atoms with Crippen LogP contribution in [-0.2, 0) is 4.74 Å². The molecule has 1 aromatic heterocycles. The van der Waals surface area contributed by atoms with Gasteiger partial charge in [-0.3, -0.25) is 4.57 Å². The number of hydrogen-bond acceptors (Lipinski definition) is 7. The van der Waals surface area contributed by atoms with Crippen LogP contribution in [0.2, 0.25) is 0 Å². The predicted molar refractivity (Wildman–Crippen MR) is 88.3 cm³/mol. The molecule has 0 radical (unpaired) electrons. The Morgan fingerprint density at radius 1 is 1.62 bits per heavy atom. The maximum atomic E-state index is 12.5. The largest absolute Gasteiger partial charge is 0.405 e. The highest BCUT2D eigenvalue weighted by molar-refractivity contribution is 6.39. The lowest BCUT2D eigenvalue weighted by molar-refractivity contribution is -0.0870. The van der Waals surface area contributed by atoms with E-state index in [1.807, 2.05) is 5.92 Å². The van der Waals surface area contributed by atoms with Gasteiger partial charge in [0.25, 0.3) is 0 Å². The number of nitrogen functional groups attached to an aromatic ring is 1. The highest BCUT2D eigenvalue weighted by Gasteiger charge is 2.59. The summed E-state index contributed by atoms with van der Waals surface area (Å²) in [6.07, 6.45) is -4.46. The fourth-order valence-electron chi connectivity index (χ4n) is 2.73. The second-order valence-electron chi connectivity index (χ2n) is 6.24. The number of rotatable bonds is 2. The molecule has 128 valence electrons. The third-order valence-electron chi connectivity index (χ3n) is 3.84. The first-order valence-corrected chi connectivity index (χ1v) is 7.22. The maximum Gasteiger partial charge on any atom is 0.351 e. The van der Waals surface area contributed by atoms with Gasteiger partial charge < -0.3 is 25.8 Å². The molecule has 11 heteroatoms. The highest BCUT2D eigenvalue weighted by Crippen LogP contribution is 2.40. The molecule has 0 bridgehead atoms. The second kappa shape index (κ2) is 6.22. The number of anilines is 1. The summed E-state index contributed by atoms with van der Waals surface area (Å²) in [7, 11) is 2.73. The fourth-order valence-corrected chi connectivity index (χ4v) is 2.73. The molecule has 2 rings (SSSR count). The number of aromatic nitrogens is 2. The molecule has 2 heterocycles. The fraction of sp³-hybridized carbons (Fsp3) is 0.538. The molecular weight excluding hydrogens is 319 g/mol. The molecule has 0 spiro atoms. The zero-order valence-corrected chi connectivity index (χ0v) is 13.5. The summed E-state index contributed by atoms with van der Waals surface area (Å²) in [6, 6.07) is 1.37. The Hall–Kier alpha value is -1.86. The van der Waals surface area contributed by atoms with Crippen molar-refractivity contribution >= 4 is 21.5 Å². The van der Waals surface area contributed by atoms with Gasteiger partial charge in [0.1, 0.15) is 40.4 Å². The molecule has 1 aromatic rings. The van der Waals surface area contributed by atoms with Crippen molar-refractivity contribution in [3.8, 4) is 11.8 Å². The summed E-state index contributed by atoms with van der Waals surface area (Å²) >= 11 is 0. The lowest BCUT2D eigenvalue weighted by Crippen LogP contribution is -2.54. The van der Waals surface area contributed by atoms with Crippen LogP contribution in [0.3, 0.4) is 0 Å². The molecule has 5 N–H and O–H groups in total. The van der Waals surface area contributed by atoms with Crippen molar-refractivity contribution in [2.45, 2.75) is 36.4 Å². The van der Waals surface area contributed by atoms with Crippen LogP contribution in [0.4, 0.5) is 10.2 Å². The minimum atomic E-state index is -2.32. The van der Waals surface area contributed by atoms with E-state index in [2.05, 4.69) is 10.9 Å². The van der Waals surface area contributed by atoms with E-state index in [0.29, 0.717) is 5.69 Å². The number of aryl methyl sites for hydroxylation is 1. The molecule has 4 atom stereocenters. The van der Waals surface area contributed by atoms with Crippen LogP contribution >= 0.6 is 0 Å². The first kappa shape index (κ1) is 18.5. The van der Waals surface area contributed by atoms with Crippen LogP contribution in [-0.4, -0.2) is 70.4 Å². The van der Waals surface area contributed by atoms with Gasteiger partial charge in [-0.2, -0.15) is 4.98 Å². The summed E-state index contributed by atoms with van der Waals surface area (Å²) in [5.74, 6) is 4.21. The number of halogens is 1. The maximum absolute atomic E-state index is 12.5. The van der Waals surface area contributed by atoms with E-state index in [9.17, 15) is 24.5 Å². The first-order chi connectivity index (χ1) is 11.0. The normalized spacial score (nSPS) is 30.0. The summed E-state index contributed by atoms with van der Waals surface area (Å²) in [5.41, 5.74) is 2.65. The molecule has 2 unspecified atom stereocenters. The van der Waals surface area contributed by atoms with Crippen molar-refractivity contribution in [2.75, 3.05) is 12.4 Å². The van der Waals surface area contributed by atoms with Gasteiger partial charge in [0, 0.05) is 11.1 Å². The van der Waals surface area contributed by atoms with Gasteiger partial charge in [0.05, 0.1) is 0 Å². The van der Waals surface area contributed by atoms with Crippen LogP contribution in [0.1, 0.15) is 11.9 Å². The molecule has 1 saturated heterocycles. The molecule has 24 heavy (non-hydrogen) atoms. The lowest BCUT2D eigenvalue weighted by Gasteiger charge is -2.29. The summed E-state index contributed by atoms with van der Waals surface area (Å²) in [5, 5.41) is 29.8. The molecule has 1 fully saturated rings. The Labute approximate surface area is 139 Å². The summed E-state index contributed by atoms with van der Waals surface area (Å²) in [6.45, 7) is 0.457. The van der Waals surface area contributed by atoms with Crippen LogP contribution in [0.15, 0.2) is 10.9 Å². The minimum Gasteiger partial charge on any atom is -0.405 e. The van der Waals surface area contributed by atoms with E-state index in [4.69, 9.17) is 10.5 Å². The quantitative estimate of drug-likeness (QED) is 0.320. The Bertz CT molecular complexity index is 757. The third-order valence-corrected chi connectivity index (χ3v) is 3.84. The van der Waals surface area contributed by atoms with E-state index in [-0.39, 0.29) is 5.82 Å². The molecule has 0 aliphatic carbocycles. The van der Waals surface area contributed by atoms with Gasteiger partial charge in [-0.25, -0.2) is 9.18 Å². The Balaban J connectivity index is 2.64. The molecule has 1 aliphatic rings. The zero-order chi connectivity index (χ0) is 18.3. The molecule has 8 nitrogen and oxygen atoms in total. The zero-order valence-electron chi connectivity index (χ0n) is 13.5. The monoisotopic (exact) mass is 337 g/mol. The average Bonchev–Trinajstić information content (AvgIpc) is 2.69. The second-order valence-corrected chi connectivity index (χ2v) is 6.24. The van der Waals surface area contributed by atoms with Crippen LogP contribution in [0.5, 0.6) is 0 Å². The van der Waals surface area contributed by atoms with Crippen molar-refractivity contribution in [1.29, 1.82) is 0 Å². The van der Waals surface area contributed by atoms with Crippen LogP contribution in [0, 0.1) is 18.8 Å². The van der Waals surface area contributed by atoms with Gasteiger partial charge in [0.15, 0.2) is 11.8 Å². The van der Waals surface area contributed by atoms with Gasteiger partial charge in [-0.1, -0.05) is 11.8 Å². The number of nitrogens with two attached hydrogens (primary N) is 1. The number of aliphatic hydroxyl groups is 3. The Morgan fingerprint density at radius 3 is 2.75 bits per heavy atom. The third kappa shape index (κ3) is 3.06. The van der Waals surface area contributed by atoms with E-state index in [1.54, 1.807) is 0 Å². The van der Waals surface area contributed by atoms with Crippen molar-refractivity contribution in [1.82, 2.24) is 9.55 Å². The topological polar surface area (TPSA) is 131 Å². The first-order valence-electron chi connectivity index (χ1n) is 7.22. The molecule has 0 amide bonds.